The summed E-state index contributed by atoms with van der Waals surface area (Å²) in [5.41, 5.74) is 4.58. The molecule has 0 bridgehead atoms. The number of hydrogen-bond donors (Lipinski definition) is 0. The summed E-state index contributed by atoms with van der Waals surface area (Å²) in [6.45, 7) is 1.33. The second-order valence-electron chi connectivity index (χ2n) is 6.52. The highest BCUT2D eigenvalue weighted by atomic mass is 16.5. The Morgan fingerprint density at radius 1 is 0.808 bits per heavy atom. The molecule has 0 atom stereocenters. The van der Waals surface area contributed by atoms with Crippen LogP contribution in [0.1, 0.15) is 11.3 Å². The average Bonchev–Trinajstić information content (AvgIpc) is 2.68. The largest absolute Gasteiger partial charge is 0.487 e. The molecule has 0 aliphatic rings. The molecule has 1 aromatic heterocycles. The highest BCUT2D eigenvalue weighted by molar-refractivity contribution is 5.55. The van der Waals surface area contributed by atoms with Crippen LogP contribution >= 0.6 is 0 Å². The lowest BCUT2D eigenvalue weighted by Crippen LogP contribution is -2.16. The molecule has 4 nitrogen and oxygen atoms in total. The van der Waals surface area contributed by atoms with E-state index < -0.39 is 0 Å². The van der Waals surface area contributed by atoms with Gasteiger partial charge in [-0.3, -0.25) is 4.98 Å². The summed E-state index contributed by atoms with van der Waals surface area (Å²) in [7, 11) is 6.21. The summed E-state index contributed by atoms with van der Waals surface area (Å²) in [4.78, 5) is 8.61. The van der Waals surface area contributed by atoms with Gasteiger partial charge in [-0.1, -0.05) is 18.2 Å². The first kappa shape index (κ1) is 17.8. The van der Waals surface area contributed by atoms with Crippen molar-refractivity contribution in [1.29, 1.82) is 0 Å². The topological polar surface area (TPSA) is 28.6 Å². The fourth-order valence-corrected chi connectivity index (χ4v) is 2.70. The smallest absolute Gasteiger partial charge is 0.130 e. The number of rotatable bonds is 7. The first-order chi connectivity index (χ1) is 12.6. The number of anilines is 2. The van der Waals surface area contributed by atoms with E-state index in [2.05, 4.69) is 72.3 Å². The lowest BCUT2D eigenvalue weighted by molar-refractivity contribution is 0.301. The van der Waals surface area contributed by atoms with E-state index in [0.717, 1.165) is 18.0 Å². The van der Waals surface area contributed by atoms with Crippen LogP contribution in [0.5, 0.6) is 5.75 Å². The van der Waals surface area contributed by atoms with Crippen molar-refractivity contribution in [2.45, 2.75) is 13.2 Å². The minimum Gasteiger partial charge on any atom is -0.487 e. The molecule has 4 heteroatoms. The maximum Gasteiger partial charge on any atom is 0.130 e. The van der Waals surface area contributed by atoms with Crippen LogP contribution in [0.15, 0.2) is 72.9 Å². The maximum absolute atomic E-state index is 5.79. The van der Waals surface area contributed by atoms with Gasteiger partial charge in [0.25, 0.3) is 0 Å². The van der Waals surface area contributed by atoms with Crippen LogP contribution in [-0.4, -0.2) is 26.1 Å². The van der Waals surface area contributed by atoms with Crippen LogP contribution in [0, 0.1) is 0 Å². The zero-order valence-electron chi connectivity index (χ0n) is 15.6. The predicted molar refractivity (Wildman–Crippen MR) is 108 cm³/mol. The van der Waals surface area contributed by atoms with Crippen LogP contribution in [-0.2, 0) is 13.2 Å². The number of aromatic nitrogens is 1. The van der Waals surface area contributed by atoms with Crippen molar-refractivity contribution >= 4 is 11.4 Å². The normalized spacial score (nSPS) is 10.4. The molecule has 0 fully saturated rings. The number of pyridine rings is 1. The number of hydrogen-bond acceptors (Lipinski definition) is 4. The molecular weight excluding hydrogens is 322 g/mol. The zero-order chi connectivity index (χ0) is 18.4. The molecule has 0 aliphatic heterocycles. The van der Waals surface area contributed by atoms with Crippen LogP contribution in [0.3, 0.4) is 0 Å². The summed E-state index contributed by atoms with van der Waals surface area (Å²) in [6.07, 6.45) is 1.78. The Kier molecular flexibility index (Phi) is 5.74. The van der Waals surface area contributed by atoms with Crippen molar-refractivity contribution < 1.29 is 4.74 Å². The summed E-state index contributed by atoms with van der Waals surface area (Å²) in [5, 5.41) is 0. The van der Waals surface area contributed by atoms with Crippen LogP contribution < -0.4 is 14.5 Å². The maximum atomic E-state index is 5.79. The molecule has 134 valence electrons. The van der Waals surface area contributed by atoms with Gasteiger partial charge in [0.15, 0.2) is 0 Å². The van der Waals surface area contributed by atoms with E-state index in [9.17, 15) is 0 Å². The van der Waals surface area contributed by atoms with Gasteiger partial charge in [0.05, 0.1) is 5.69 Å². The summed E-state index contributed by atoms with van der Waals surface area (Å²) >= 11 is 0. The third kappa shape index (κ3) is 4.76. The third-order valence-corrected chi connectivity index (χ3v) is 4.26. The molecular formula is C22H25N3O. The molecule has 0 aliphatic carbocycles. The summed E-state index contributed by atoms with van der Waals surface area (Å²) in [5.74, 6) is 0.859. The van der Waals surface area contributed by atoms with E-state index in [4.69, 9.17) is 4.74 Å². The molecule has 0 unspecified atom stereocenters. The van der Waals surface area contributed by atoms with Crippen LogP contribution in [0.2, 0.25) is 0 Å². The molecule has 3 aromatic rings. The van der Waals surface area contributed by atoms with Gasteiger partial charge in [0, 0.05) is 45.3 Å². The van der Waals surface area contributed by atoms with Gasteiger partial charge in [0.1, 0.15) is 12.4 Å². The van der Waals surface area contributed by atoms with E-state index in [0.29, 0.717) is 6.61 Å². The minimum absolute atomic E-state index is 0.484. The number of ether oxygens (including phenoxy) is 1. The quantitative estimate of drug-likeness (QED) is 0.635. The molecule has 3 rings (SSSR count). The van der Waals surface area contributed by atoms with E-state index in [1.54, 1.807) is 6.20 Å². The molecule has 26 heavy (non-hydrogen) atoms. The lowest BCUT2D eigenvalue weighted by Gasteiger charge is -2.21. The molecule has 0 radical (unpaired) electrons. The van der Waals surface area contributed by atoms with Crippen LogP contribution in [0.4, 0.5) is 11.4 Å². The SMILES string of the molecule is CN(C)c1ccc(N(C)Cc2ccc(OCc3ccccn3)cc2)cc1. The molecule has 0 saturated heterocycles. The van der Waals surface area contributed by atoms with Gasteiger partial charge >= 0.3 is 0 Å². The number of nitrogens with zero attached hydrogens (tertiary/aromatic N) is 3. The van der Waals surface area contributed by atoms with Crippen LogP contribution in [0.25, 0.3) is 0 Å². The Morgan fingerprint density at radius 3 is 2.12 bits per heavy atom. The molecule has 0 N–H and O–H groups in total. The van der Waals surface area contributed by atoms with Gasteiger partial charge in [-0.15, -0.1) is 0 Å². The molecule has 0 amide bonds. The molecule has 1 heterocycles. The predicted octanol–water partition coefficient (Wildman–Crippen LogP) is 4.36. The van der Waals surface area contributed by atoms with Crippen molar-refractivity contribution in [3.05, 3.63) is 84.2 Å². The summed E-state index contributed by atoms with van der Waals surface area (Å²) < 4.78 is 5.79. The fraction of sp³-hybridized carbons (Fsp3) is 0.227. The zero-order valence-corrected chi connectivity index (χ0v) is 15.6. The fourth-order valence-electron chi connectivity index (χ4n) is 2.70. The summed E-state index contributed by atoms with van der Waals surface area (Å²) in [6, 6.07) is 22.7. The van der Waals surface area contributed by atoms with Crippen molar-refractivity contribution in [3.63, 3.8) is 0 Å². The Bertz CT molecular complexity index is 799. The minimum atomic E-state index is 0.484. The van der Waals surface area contributed by atoms with Gasteiger partial charge in [0.2, 0.25) is 0 Å². The first-order valence-corrected chi connectivity index (χ1v) is 8.72. The van der Waals surface area contributed by atoms with Gasteiger partial charge in [-0.25, -0.2) is 0 Å². The highest BCUT2D eigenvalue weighted by Crippen LogP contribution is 2.21. The van der Waals surface area contributed by atoms with Crippen molar-refractivity contribution in [2.75, 3.05) is 30.9 Å². The molecule has 0 spiro atoms. The highest BCUT2D eigenvalue weighted by Gasteiger charge is 2.04. The number of benzene rings is 2. The second-order valence-corrected chi connectivity index (χ2v) is 6.52. The Morgan fingerprint density at radius 2 is 1.50 bits per heavy atom. The van der Waals surface area contributed by atoms with E-state index >= 15 is 0 Å². The lowest BCUT2D eigenvalue weighted by atomic mass is 10.2. The van der Waals surface area contributed by atoms with E-state index in [1.807, 2.05) is 30.3 Å². The first-order valence-electron chi connectivity index (χ1n) is 8.72. The van der Waals surface area contributed by atoms with Gasteiger partial charge in [-0.2, -0.15) is 0 Å². The Hall–Kier alpha value is -3.01. The van der Waals surface area contributed by atoms with Crippen molar-refractivity contribution in [1.82, 2.24) is 4.98 Å². The van der Waals surface area contributed by atoms with E-state index in [1.165, 1.54) is 16.9 Å². The monoisotopic (exact) mass is 347 g/mol. The molecule has 2 aromatic carbocycles. The molecule has 0 saturated carbocycles. The average molecular weight is 347 g/mol. The van der Waals surface area contributed by atoms with Crippen molar-refractivity contribution in [2.24, 2.45) is 0 Å². The Balaban J connectivity index is 1.56. The van der Waals surface area contributed by atoms with Crippen molar-refractivity contribution in [3.8, 4) is 5.75 Å². The standard InChI is InChI=1S/C22H25N3O/c1-24(2)20-9-11-21(12-10-20)25(3)16-18-7-13-22(14-8-18)26-17-19-6-4-5-15-23-19/h4-15H,16-17H2,1-3H3. The Labute approximate surface area is 155 Å². The second kappa shape index (κ2) is 8.39. The third-order valence-electron chi connectivity index (χ3n) is 4.26. The van der Waals surface area contributed by atoms with Gasteiger partial charge < -0.3 is 14.5 Å². The van der Waals surface area contributed by atoms with E-state index in [-0.39, 0.29) is 0 Å². The van der Waals surface area contributed by atoms with Gasteiger partial charge in [-0.05, 0) is 54.1 Å².